The molecule has 3 heteroatoms. The van der Waals surface area contributed by atoms with Gasteiger partial charge in [-0.05, 0) is 6.26 Å². The van der Waals surface area contributed by atoms with E-state index in [2.05, 4.69) is 13.1 Å². The van der Waals surface area contributed by atoms with E-state index < -0.39 is 0 Å². The van der Waals surface area contributed by atoms with E-state index in [1.807, 2.05) is 21.4 Å². The molecule has 0 aromatic heterocycles. The molecule has 0 rings (SSSR count). The Morgan fingerprint density at radius 2 is 2.20 bits per heavy atom. The zero-order chi connectivity index (χ0) is 4.12. The van der Waals surface area contributed by atoms with Crippen molar-refractivity contribution in [1.82, 2.24) is 0 Å². The molecule has 0 fully saturated rings. The fourth-order valence-electron chi connectivity index (χ4n) is 0.118. The summed E-state index contributed by atoms with van der Waals surface area (Å²) in [5.74, 6) is 0. The van der Waals surface area contributed by atoms with Crippen molar-refractivity contribution in [3.63, 3.8) is 0 Å². The predicted molar refractivity (Wildman–Crippen MR) is 34.1 cm³/mol. The molecule has 5 heavy (non-hydrogen) atoms. The lowest BCUT2D eigenvalue weighted by atomic mass is 10.2. The Morgan fingerprint density at radius 1 is 1.60 bits per heavy atom. The van der Waals surface area contributed by atoms with E-state index in [4.69, 9.17) is 0 Å². The summed E-state index contributed by atoms with van der Waals surface area (Å²) in [6, 6.07) is 0. The monoisotopic (exact) mass is 106 g/mol. The maximum absolute atomic E-state index is 2.15. The minimum absolute atomic E-state index is 1.22. The second kappa shape index (κ2) is 4.76. The summed E-state index contributed by atoms with van der Waals surface area (Å²) in [6.45, 7) is 3.38. The van der Waals surface area contributed by atoms with Crippen LogP contribution in [0.3, 0.4) is 0 Å². The first-order valence-electron chi connectivity index (χ1n) is 1.57. The van der Waals surface area contributed by atoms with E-state index in [1.165, 1.54) is 6.56 Å². The van der Waals surface area contributed by atoms with Crippen LogP contribution in [0.15, 0.2) is 0 Å². The van der Waals surface area contributed by atoms with Gasteiger partial charge in [-0.15, -0.1) is 10.8 Å². The van der Waals surface area contributed by atoms with Gasteiger partial charge in [0.25, 0.3) is 0 Å². The fraction of sp³-hybridized carbons (Fsp3) is 1.00. The molecule has 0 aromatic rings. The average molecular weight is 106 g/mol. The quantitative estimate of drug-likeness (QED) is 0.385. The van der Waals surface area contributed by atoms with E-state index in [0.717, 1.165) is 0 Å². The SMILES string of the molecule is CBSSC. The van der Waals surface area contributed by atoms with Crippen LogP contribution in [-0.4, -0.2) is 12.8 Å². The van der Waals surface area contributed by atoms with Crippen molar-refractivity contribution in [2.45, 2.75) is 6.82 Å². The molecule has 0 saturated heterocycles. The van der Waals surface area contributed by atoms with E-state index in [-0.39, 0.29) is 0 Å². The highest BCUT2D eigenvalue weighted by atomic mass is 33.1. The molecule has 0 N–H and O–H groups in total. The molecule has 0 amide bonds. The first kappa shape index (κ1) is 5.76. The van der Waals surface area contributed by atoms with E-state index in [0.29, 0.717) is 0 Å². The third-order valence-corrected chi connectivity index (χ3v) is 2.12. The summed E-state index contributed by atoms with van der Waals surface area (Å²) < 4.78 is 0. The minimum atomic E-state index is 1.22. The van der Waals surface area contributed by atoms with Crippen molar-refractivity contribution in [3.8, 4) is 0 Å². The Balaban J connectivity index is 2.19. The number of rotatable bonds is 2. The summed E-state index contributed by atoms with van der Waals surface area (Å²) in [5, 5.41) is 0. The smallest absolute Gasteiger partial charge is 0.151 e. The maximum Gasteiger partial charge on any atom is 0.202 e. The molecule has 0 nitrogen and oxygen atoms in total. The summed E-state index contributed by atoms with van der Waals surface area (Å²) in [7, 11) is 3.70. The Morgan fingerprint density at radius 3 is 2.20 bits per heavy atom. The van der Waals surface area contributed by atoms with Crippen LogP contribution < -0.4 is 0 Å². The molecule has 0 aliphatic carbocycles. The molecule has 0 aromatic carbocycles. The van der Waals surface area contributed by atoms with Gasteiger partial charge in [0, 0.05) is 0 Å². The highest BCUT2D eigenvalue weighted by Crippen LogP contribution is 2.12. The second-order valence-electron chi connectivity index (χ2n) is 0.573. The molecule has 0 heterocycles. The van der Waals surface area contributed by atoms with Crippen molar-refractivity contribution in [2.75, 3.05) is 6.26 Å². The lowest BCUT2D eigenvalue weighted by molar-refractivity contribution is 2.38. The van der Waals surface area contributed by atoms with Gasteiger partial charge in [-0.25, -0.2) is 0 Å². The first-order chi connectivity index (χ1) is 2.41. The Hall–Kier alpha value is 0.765. The molecular formula is C2H7BS2. The summed E-state index contributed by atoms with van der Waals surface area (Å²) in [5.41, 5.74) is 0. The van der Waals surface area contributed by atoms with Gasteiger partial charge in [-0.3, -0.25) is 0 Å². The zero-order valence-electron chi connectivity index (χ0n) is 3.52. The number of hydrogen-bond acceptors (Lipinski definition) is 2. The van der Waals surface area contributed by atoms with Gasteiger partial charge in [0.05, 0.1) is 0 Å². The van der Waals surface area contributed by atoms with Crippen molar-refractivity contribution < 1.29 is 0 Å². The second-order valence-corrected chi connectivity index (χ2v) is 3.43. The lowest BCUT2D eigenvalue weighted by Gasteiger charge is -1.78. The van der Waals surface area contributed by atoms with E-state index >= 15 is 0 Å². The predicted octanol–water partition coefficient (Wildman–Crippen LogP) is 1.40. The summed E-state index contributed by atoms with van der Waals surface area (Å²) in [6.07, 6.45) is 2.09. The highest BCUT2D eigenvalue weighted by molar-refractivity contribution is 8.85. The van der Waals surface area contributed by atoms with Crippen LogP contribution in [0.5, 0.6) is 0 Å². The topological polar surface area (TPSA) is 0 Å². The molecule has 0 saturated carbocycles. The number of hydrogen-bond donors (Lipinski definition) is 0. The van der Waals surface area contributed by atoms with Gasteiger partial charge in [0.1, 0.15) is 0 Å². The third kappa shape index (κ3) is 4.76. The molecule has 0 aliphatic heterocycles. The molecule has 0 spiro atoms. The van der Waals surface area contributed by atoms with Gasteiger partial charge in [0.15, 0.2) is 0 Å². The zero-order valence-corrected chi connectivity index (χ0v) is 5.16. The third-order valence-electron chi connectivity index (χ3n) is 0.236. The molecule has 30 valence electrons. The van der Waals surface area contributed by atoms with Gasteiger partial charge < -0.3 is 0 Å². The molecule has 0 unspecified atom stereocenters. The molecular weight excluding hydrogens is 99.0 g/mol. The minimum Gasteiger partial charge on any atom is -0.151 e. The van der Waals surface area contributed by atoms with Crippen LogP contribution in [-0.2, 0) is 0 Å². The average Bonchev–Trinajstić information content (AvgIpc) is 1.41. The Bertz CT molecular complexity index is 15.1. The summed E-state index contributed by atoms with van der Waals surface area (Å²) >= 11 is 0. The van der Waals surface area contributed by atoms with Crippen molar-refractivity contribution >= 4 is 28.0 Å². The normalized spacial score (nSPS) is 7.60. The Kier molecular flexibility index (Phi) is 5.49. The standard InChI is InChI=1S/C2H7BS2/c1-3-5-4-2/h3H,1-2H3. The van der Waals surface area contributed by atoms with E-state index in [1.54, 1.807) is 0 Å². The van der Waals surface area contributed by atoms with Crippen LogP contribution >= 0.6 is 21.4 Å². The molecule has 0 atom stereocenters. The van der Waals surface area contributed by atoms with E-state index in [9.17, 15) is 0 Å². The van der Waals surface area contributed by atoms with Gasteiger partial charge >= 0.3 is 0 Å². The van der Waals surface area contributed by atoms with Crippen LogP contribution in [0.1, 0.15) is 0 Å². The van der Waals surface area contributed by atoms with Crippen LogP contribution in [0.25, 0.3) is 0 Å². The summed E-state index contributed by atoms with van der Waals surface area (Å²) in [4.78, 5) is 0. The lowest BCUT2D eigenvalue weighted by Crippen LogP contribution is -1.58. The van der Waals surface area contributed by atoms with Crippen LogP contribution in [0.4, 0.5) is 0 Å². The van der Waals surface area contributed by atoms with Gasteiger partial charge in [-0.2, -0.15) is 10.6 Å². The van der Waals surface area contributed by atoms with Crippen molar-refractivity contribution in [3.05, 3.63) is 0 Å². The molecule has 0 radical (unpaired) electrons. The maximum atomic E-state index is 2.15. The van der Waals surface area contributed by atoms with Crippen LogP contribution in [0, 0.1) is 0 Å². The van der Waals surface area contributed by atoms with Crippen molar-refractivity contribution in [1.29, 1.82) is 0 Å². The molecule has 0 aliphatic rings. The van der Waals surface area contributed by atoms with Gasteiger partial charge in [-0.1, -0.05) is 6.82 Å². The largest absolute Gasteiger partial charge is 0.202 e. The molecule has 0 bridgehead atoms. The van der Waals surface area contributed by atoms with Crippen molar-refractivity contribution in [2.24, 2.45) is 0 Å². The highest BCUT2D eigenvalue weighted by Gasteiger charge is 1.71. The fourth-order valence-corrected chi connectivity index (χ4v) is 1.06. The van der Waals surface area contributed by atoms with Crippen LogP contribution in [0.2, 0.25) is 6.82 Å². The Labute approximate surface area is 41.6 Å². The van der Waals surface area contributed by atoms with Gasteiger partial charge in [0.2, 0.25) is 6.56 Å². The first-order valence-corrected chi connectivity index (χ1v) is 4.30.